The van der Waals surface area contributed by atoms with E-state index in [9.17, 15) is 0 Å². The largest absolute Gasteiger partial charge is 0.0622 e. The van der Waals surface area contributed by atoms with E-state index in [1.54, 1.807) is 0 Å². The normalized spacial score (nSPS) is 11.6. The monoisotopic (exact) mass is 982 g/mol. The summed E-state index contributed by atoms with van der Waals surface area (Å²) in [5.74, 6) is 0. The minimum Gasteiger partial charge on any atom is -0.0622 e. The van der Waals surface area contributed by atoms with Crippen molar-refractivity contribution in [3.8, 4) is 100 Å². The summed E-state index contributed by atoms with van der Waals surface area (Å²) in [6, 6.07) is 105. The van der Waals surface area contributed by atoms with Crippen molar-refractivity contribution >= 4 is 32.3 Å². The molecule has 0 amide bonds. The first-order valence-corrected chi connectivity index (χ1v) is 27.0. The Kier molecular flexibility index (Phi) is 12.3. The van der Waals surface area contributed by atoms with E-state index in [1.165, 1.54) is 138 Å². The van der Waals surface area contributed by atoms with Gasteiger partial charge in [0.25, 0.3) is 0 Å². The summed E-state index contributed by atoms with van der Waals surface area (Å²) >= 11 is 0. The number of hydrogen-bond donors (Lipinski definition) is 0. The summed E-state index contributed by atoms with van der Waals surface area (Å²) in [5.41, 5.74) is 23.2. The predicted octanol–water partition coefficient (Wildman–Crippen LogP) is 21.7. The fourth-order valence-electron chi connectivity index (χ4n) is 11.6. The van der Waals surface area contributed by atoms with Gasteiger partial charge < -0.3 is 0 Å². The molecule has 0 radical (unpaired) electrons. The van der Waals surface area contributed by atoms with Crippen molar-refractivity contribution in [2.75, 3.05) is 0 Å². The zero-order valence-corrected chi connectivity index (χ0v) is 43.8. The van der Waals surface area contributed by atoms with Gasteiger partial charge >= 0.3 is 0 Å². The van der Waals surface area contributed by atoms with Gasteiger partial charge in [-0.2, -0.15) is 0 Å². The van der Waals surface area contributed by atoms with Crippen LogP contribution in [-0.4, -0.2) is 0 Å². The summed E-state index contributed by atoms with van der Waals surface area (Å²) in [6.45, 7) is 7.04. The molecule has 0 fully saturated rings. The number of fused-ring (bicyclic) bond motifs is 6. The van der Waals surface area contributed by atoms with Gasteiger partial charge in [0.15, 0.2) is 0 Å². The van der Waals surface area contributed by atoms with E-state index in [0.717, 1.165) is 6.42 Å². The molecule has 366 valence electrons. The summed E-state index contributed by atoms with van der Waals surface area (Å²) in [4.78, 5) is 0. The van der Waals surface area contributed by atoms with Crippen molar-refractivity contribution in [3.05, 3.63) is 291 Å². The zero-order valence-electron chi connectivity index (χ0n) is 43.8. The number of benzene rings is 13. The molecule has 0 heterocycles. The molecule has 0 heteroatoms. The minimum atomic E-state index is 0.0960. The number of rotatable bonds is 10. The lowest BCUT2D eigenvalue weighted by Gasteiger charge is -2.22. The second-order valence-corrected chi connectivity index (χ2v) is 21.9. The molecule has 0 unspecified atom stereocenters. The Morgan fingerprint density at radius 2 is 0.468 bits per heavy atom. The summed E-state index contributed by atoms with van der Waals surface area (Å²) < 4.78 is 0. The molecular formula is C77H58. The predicted molar refractivity (Wildman–Crippen MR) is 331 cm³/mol. The van der Waals surface area contributed by atoms with Crippen LogP contribution in [0.3, 0.4) is 0 Å². The Morgan fingerprint density at radius 3 is 0.896 bits per heavy atom. The Labute approximate surface area is 453 Å². The van der Waals surface area contributed by atoms with E-state index in [-0.39, 0.29) is 5.41 Å². The van der Waals surface area contributed by atoms with Crippen molar-refractivity contribution in [3.63, 3.8) is 0 Å². The lowest BCUT2D eigenvalue weighted by Crippen LogP contribution is -2.10. The van der Waals surface area contributed by atoms with Crippen molar-refractivity contribution in [2.24, 2.45) is 5.41 Å². The van der Waals surface area contributed by atoms with Crippen LogP contribution in [0.15, 0.2) is 285 Å². The Morgan fingerprint density at radius 1 is 0.195 bits per heavy atom. The second kappa shape index (κ2) is 20.1. The molecule has 13 rings (SSSR count). The van der Waals surface area contributed by atoms with E-state index in [4.69, 9.17) is 0 Å². The maximum atomic E-state index is 2.45. The van der Waals surface area contributed by atoms with Gasteiger partial charge in [-0.3, -0.25) is 0 Å². The summed E-state index contributed by atoms with van der Waals surface area (Å²) in [7, 11) is 0. The molecule has 0 aliphatic heterocycles. The highest BCUT2D eigenvalue weighted by atomic mass is 14.2. The third-order valence-corrected chi connectivity index (χ3v) is 15.4. The molecule has 0 N–H and O–H groups in total. The van der Waals surface area contributed by atoms with Crippen molar-refractivity contribution in [2.45, 2.75) is 27.2 Å². The van der Waals surface area contributed by atoms with E-state index in [0.29, 0.717) is 0 Å². The van der Waals surface area contributed by atoms with Crippen LogP contribution >= 0.6 is 0 Å². The van der Waals surface area contributed by atoms with Crippen LogP contribution in [0.4, 0.5) is 0 Å². The lowest BCUT2D eigenvalue weighted by atomic mass is 9.83. The first-order chi connectivity index (χ1) is 37.7. The van der Waals surface area contributed by atoms with Crippen LogP contribution in [0.25, 0.3) is 132 Å². The third-order valence-electron chi connectivity index (χ3n) is 15.4. The summed E-state index contributed by atoms with van der Waals surface area (Å²) in [5, 5.41) is 7.80. The molecule has 0 saturated heterocycles. The fourth-order valence-corrected chi connectivity index (χ4v) is 11.6. The topological polar surface area (TPSA) is 0 Å². The first-order valence-electron chi connectivity index (χ1n) is 27.0. The van der Waals surface area contributed by atoms with Gasteiger partial charge in [0.2, 0.25) is 0 Å². The van der Waals surface area contributed by atoms with Gasteiger partial charge in [0, 0.05) is 0 Å². The van der Waals surface area contributed by atoms with E-state index < -0.39 is 0 Å². The molecule has 77 heavy (non-hydrogen) atoms. The zero-order chi connectivity index (χ0) is 51.9. The van der Waals surface area contributed by atoms with Crippen LogP contribution in [0.1, 0.15) is 26.3 Å². The van der Waals surface area contributed by atoms with Crippen LogP contribution in [0.5, 0.6) is 0 Å². The average Bonchev–Trinajstić information content (AvgIpc) is 3.54. The van der Waals surface area contributed by atoms with Crippen LogP contribution in [0.2, 0.25) is 0 Å². The standard InChI is InChI=1S/C77H58/c1-77(2,3)51-69-46-64(40-42-70(69)65-41-43-75-73-26-11-10-24-71(73)72-25-12-13-27-74(72)76(75)50-65)58-36-38-59(39-37-58)66-47-67(62-22-14-20-60(44-62)56-32-28-54(29-33-56)52-16-6-4-7-17-52)49-68(48-66)63-23-15-21-61(45-63)57-34-30-55(31-35-57)53-18-8-5-9-19-53/h4-50H,51H2,1-3H3. The number of hydrogen-bond acceptors (Lipinski definition) is 0. The smallest absolute Gasteiger partial charge is 0.00928 e. The Hall–Kier alpha value is -9.36. The first kappa shape index (κ1) is 47.4. The van der Waals surface area contributed by atoms with Gasteiger partial charge in [-0.1, -0.05) is 269 Å². The van der Waals surface area contributed by atoms with Crippen molar-refractivity contribution in [1.29, 1.82) is 0 Å². The molecule has 0 aliphatic rings. The molecular weight excluding hydrogens is 925 g/mol. The minimum absolute atomic E-state index is 0.0960. The van der Waals surface area contributed by atoms with Gasteiger partial charge in [0.1, 0.15) is 0 Å². The molecule has 0 aromatic heterocycles. The van der Waals surface area contributed by atoms with Gasteiger partial charge in [-0.15, -0.1) is 0 Å². The fraction of sp³-hybridized carbons (Fsp3) is 0.0649. The Bertz CT molecular complexity index is 4090. The molecule has 0 spiro atoms. The molecule has 0 atom stereocenters. The highest BCUT2D eigenvalue weighted by Gasteiger charge is 2.19. The van der Waals surface area contributed by atoms with E-state index >= 15 is 0 Å². The average molecular weight is 983 g/mol. The van der Waals surface area contributed by atoms with Gasteiger partial charge in [0.05, 0.1) is 0 Å². The van der Waals surface area contributed by atoms with Crippen molar-refractivity contribution < 1.29 is 0 Å². The molecule has 13 aromatic carbocycles. The van der Waals surface area contributed by atoms with Gasteiger partial charge in [-0.25, -0.2) is 0 Å². The Balaban J connectivity index is 0.868. The van der Waals surface area contributed by atoms with Gasteiger partial charge in [-0.05, 0) is 186 Å². The summed E-state index contributed by atoms with van der Waals surface area (Å²) in [6.07, 6.45) is 0.959. The highest BCUT2D eigenvalue weighted by Crippen LogP contribution is 2.41. The maximum absolute atomic E-state index is 2.45. The van der Waals surface area contributed by atoms with Crippen molar-refractivity contribution in [1.82, 2.24) is 0 Å². The van der Waals surface area contributed by atoms with E-state index in [2.05, 4.69) is 306 Å². The molecule has 0 bridgehead atoms. The molecule has 0 saturated carbocycles. The highest BCUT2D eigenvalue weighted by molar-refractivity contribution is 6.25. The second-order valence-electron chi connectivity index (χ2n) is 21.9. The quantitative estimate of drug-likeness (QED) is 0.120. The van der Waals surface area contributed by atoms with Crippen LogP contribution in [0, 0.1) is 5.41 Å². The molecule has 0 nitrogen and oxygen atoms in total. The maximum Gasteiger partial charge on any atom is -0.00928 e. The van der Waals surface area contributed by atoms with Crippen LogP contribution in [-0.2, 0) is 6.42 Å². The van der Waals surface area contributed by atoms with E-state index in [1.807, 2.05) is 0 Å². The molecule has 0 aliphatic carbocycles. The molecule has 13 aromatic rings. The SMILES string of the molecule is CC(C)(C)Cc1cc(-c2ccc(-c3cc(-c4cccc(-c5ccc(-c6ccccc6)cc5)c4)cc(-c4cccc(-c5ccc(-c6ccccc6)cc5)c4)c3)cc2)ccc1-c1ccc2c3ccccc3c3ccccc3c2c1. The van der Waals surface area contributed by atoms with Crippen LogP contribution < -0.4 is 0 Å². The lowest BCUT2D eigenvalue weighted by molar-refractivity contribution is 0.412. The third kappa shape index (κ3) is 9.68.